The molecule has 0 fully saturated rings. The molecule has 0 spiro atoms. The number of fused-ring (bicyclic) bond motifs is 1. The Hall–Kier alpha value is -1.90. The van der Waals surface area contributed by atoms with Gasteiger partial charge in [-0.2, -0.15) is 0 Å². The lowest BCUT2D eigenvalue weighted by atomic mass is 10.1. The van der Waals surface area contributed by atoms with Gasteiger partial charge in [-0.05, 0) is 18.2 Å². The van der Waals surface area contributed by atoms with Crippen LogP contribution in [0, 0.1) is 0 Å². The normalized spacial score (nSPS) is 9.19. The lowest BCUT2D eigenvalue weighted by Gasteiger charge is -2.02. The van der Waals surface area contributed by atoms with Gasteiger partial charge in [0.05, 0.1) is 12.6 Å². The number of hydrogen-bond donors (Lipinski definition) is 0. The molecule has 84 valence electrons. The van der Waals surface area contributed by atoms with Gasteiger partial charge in [0.15, 0.2) is 6.29 Å². The molecule has 0 aliphatic heterocycles. The van der Waals surface area contributed by atoms with Gasteiger partial charge in [0.1, 0.15) is 5.75 Å². The van der Waals surface area contributed by atoms with Crippen LogP contribution < -0.4 is 4.74 Å². The van der Waals surface area contributed by atoms with Crippen molar-refractivity contribution in [2.75, 3.05) is 7.11 Å². The molecular formula is C13H15NO2. The average molecular weight is 217 g/mol. The van der Waals surface area contributed by atoms with Crippen molar-refractivity contribution in [3.8, 4) is 5.75 Å². The van der Waals surface area contributed by atoms with E-state index in [2.05, 4.69) is 4.98 Å². The van der Waals surface area contributed by atoms with Crippen LogP contribution in [0.5, 0.6) is 5.75 Å². The van der Waals surface area contributed by atoms with Crippen molar-refractivity contribution >= 4 is 17.2 Å². The van der Waals surface area contributed by atoms with Gasteiger partial charge in [0.25, 0.3) is 0 Å². The summed E-state index contributed by atoms with van der Waals surface area (Å²) in [4.78, 5) is 14.9. The van der Waals surface area contributed by atoms with Gasteiger partial charge < -0.3 is 4.74 Å². The molecule has 2 aromatic rings. The first-order valence-corrected chi connectivity index (χ1v) is 5.23. The summed E-state index contributed by atoms with van der Waals surface area (Å²) in [5.41, 5.74) is 1.42. The molecule has 0 aliphatic rings. The fourth-order valence-corrected chi connectivity index (χ4v) is 1.38. The summed E-state index contributed by atoms with van der Waals surface area (Å²) in [5.74, 6) is 0.744. The van der Waals surface area contributed by atoms with Gasteiger partial charge in [-0.25, -0.2) is 0 Å². The molecule has 3 nitrogen and oxygen atoms in total. The maximum Gasteiger partial charge on any atom is 0.150 e. The highest BCUT2D eigenvalue weighted by Crippen LogP contribution is 2.20. The smallest absolute Gasteiger partial charge is 0.150 e. The summed E-state index contributed by atoms with van der Waals surface area (Å²) in [6, 6.07) is 7.16. The quantitative estimate of drug-likeness (QED) is 0.726. The molecule has 2 rings (SSSR count). The summed E-state index contributed by atoms with van der Waals surface area (Å²) in [7, 11) is 1.60. The fraction of sp³-hybridized carbons (Fsp3) is 0.231. The maximum absolute atomic E-state index is 10.7. The largest absolute Gasteiger partial charge is 0.497 e. The molecule has 1 aromatic carbocycles. The molecule has 1 aromatic heterocycles. The summed E-state index contributed by atoms with van der Waals surface area (Å²) in [6.45, 7) is 4.00. The van der Waals surface area contributed by atoms with E-state index in [0.717, 1.165) is 22.9 Å². The molecule has 0 aliphatic carbocycles. The highest BCUT2D eigenvalue weighted by atomic mass is 16.5. The molecule has 0 saturated carbocycles. The van der Waals surface area contributed by atoms with E-state index in [-0.39, 0.29) is 0 Å². The van der Waals surface area contributed by atoms with Crippen LogP contribution in [-0.4, -0.2) is 18.4 Å². The molecule has 0 amide bonds. The minimum Gasteiger partial charge on any atom is -0.497 e. The van der Waals surface area contributed by atoms with Crippen molar-refractivity contribution < 1.29 is 9.53 Å². The number of methoxy groups -OCH3 is 1. The Bertz CT molecular complexity index is 480. The second-order valence-corrected chi connectivity index (χ2v) is 2.90. The Balaban J connectivity index is 0.000000606. The van der Waals surface area contributed by atoms with E-state index in [9.17, 15) is 4.79 Å². The van der Waals surface area contributed by atoms with Gasteiger partial charge in [0.2, 0.25) is 0 Å². The third-order valence-electron chi connectivity index (χ3n) is 2.11. The SMILES string of the molecule is CC.COc1ccc2c(C=O)ccnc2c1. The van der Waals surface area contributed by atoms with Crippen molar-refractivity contribution in [2.24, 2.45) is 0 Å². The predicted molar refractivity (Wildman–Crippen MR) is 65.0 cm³/mol. The Kier molecular flexibility index (Phi) is 4.45. The molecule has 1 heterocycles. The minimum atomic E-state index is 0.651. The first-order valence-electron chi connectivity index (χ1n) is 5.23. The summed E-state index contributed by atoms with van der Waals surface area (Å²) in [5, 5.41) is 0.850. The van der Waals surface area contributed by atoms with Crippen LogP contribution in [0.25, 0.3) is 10.9 Å². The average Bonchev–Trinajstić information content (AvgIpc) is 2.39. The second kappa shape index (κ2) is 5.85. The van der Waals surface area contributed by atoms with Crippen molar-refractivity contribution in [2.45, 2.75) is 13.8 Å². The number of aromatic nitrogens is 1. The summed E-state index contributed by atoms with van der Waals surface area (Å²) >= 11 is 0. The molecule has 16 heavy (non-hydrogen) atoms. The number of carbonyl (C=O) groups is 1. The Morgan fingerprint density at radius 2 is 2.00 bits per heavy atom. The number of carbonyl (C=O) groups excluding carboxylic acids is 1. The zero-order valence-electron chi connectivity index (χ0n) is 9.73. The van der Waals surface area contributed by atoms with E-state index in [1.165, 1.54) is 0 Å². The van der Waals surface area contributed by atoms with Crippen LogP contribution >= 0.6 is 0 Å². The number of hydrogen-bond acceptors (Lipinski definition) is 3. The number of pyridine rings is 1. The maximum atomic E-state index is 10.7. The van der Waals surface area contributed by atoms with Crippen molar-refractivity contribution in [3.63, 3.8) is 0 Å². The van der Waals surface area contributed by atoms with Crippen LogP contribution in [0.1, 0.15) is 24.2 Å². The molecule has 3 heteroatoms. The molecule has 0 bridgehead atoms. The third-order valence-corrected chi connectivity index (χ3v) is 2.11. The van der Waals surface area contributed by atoms with Crippen LogP contribution in [-0.2, 0) is 0 Å². The zero-order chi connectivity index (χ0) is 12.0. The summed E-state index contributed by atoms with van der Waals surface area (Å²) < 4.78 is 5.07. The Morgan fingerprint density at radius 3 is 2.62 bits per heavy atom. The predicted octanol–water partition coefficient (Wildman–Crippen LogP) is 3.08. The number of benzene rings is 1. The summed E-state index contributed by atoms with van der Waals surface area (Å²) in [6.07, 6.45) is 2.45. The molecule has 0 atom stereocenters. The number of ether oxygens (including phenoxy) is 1. The van der Waals surface area contributed by atoms with E-state index in [0.29, 0.717) is 5.56 Å². The van der Waals surface area contributed by atoms with Gasteiger partial charge in [-0.3, -0.25) is 9.78 Å². The van der Waals surface area contributed by atoms with Crippen molar-refractivity contribution in [3.05, 3.63) is 36.0 Å². The first kappa shape index (κ1) is 12.2. The molecule has 0 radical (unpaired) electrons. The topological polar surface area (TPSA) is 39.2 Å². The number of rotatable bonds is 2. The highest BCUT2D eigenvalue weighted by Gasteiger charge is 2.01. The minimum absolute atomic E-state index is 0.651. The monoisotopic (exact) mass is 217 g/mol. The lowest BCUT2D eigenvalue weighted by Crippen LogP contribution is -1.88. The fourth-order valence-electron chi connectivity index (χ4n) is 1.38. The van der Waals surface area contributed by atoms with E-state index in [1.54, 1.807) is 19.4 Å². The zero-order valence-corrected chi connectivity index (χ0v) is 9.73. The van der Waals surface area contributed by atoms with Crippen molar-refractivity contribution in [1.82, 2.24) is 4.98 Å². The van der Waals surface area contributed by atoms with E-state index in [1.807, 2.05) is 32.0 Å². The van der Waals surface area contributed by atoms with Crippen LogP contribution in [0.15, 0.2) is 30.5 Å². The first-order chi connectivity index (χ1) is 7.85. The Morgan fingerprint density at radius 1 is 1.25 bits per heavy atom. The number of aldehydes is 1. The van der Waals surface area contributed by atoms with E-state index >= 15 is 0 Å². The standard InChI is InChI=1S/C11H9NO2.C2H6/c1-14-9-2-3-10-8(7-13)4-5-12-11(10)6-9;1-2/h2-7H,1H3;1-2H3. The second-order valence-electron chi connectivity index (χ2n) is 2.90. The molecule has 0 N–H and O–H groups in total. The number of nitrogens with zero attached hydrogens (tertiary/aromatic N) is 1. The van der Waals surface area contributed by atoms with Gasteiger partial charge in [0, 0.05) is 23.2 Å². The molecule has 0 saturated heterocycles. The third kappa shape index (κ3) is 2.37. The van der Waals surface area contributed by atoms with Crippen LogP contribution in [0.4, 0.5) is 0 Å². The van der Waals surface area contributed by atoms with Gasteiger partial charge in [-0.1, -0.05) is 13.8 Å². The van der Waals surface area contributed by atoms with E-state index < -0.39 is 0 Å². The van der Waals surface area contributed by atoms with E-state index in [4.69, 9.17) is 4.74 Å². The van der Waals surface area contributed by atoms with Gasteiger partial charge in [-0.15, -0.1) is 0 Å². The molecular weight excluding hydrogens is 202 g/mol. The lowest BCUT2D eigenvalue weighted by molar-refractivity contribution is 0.112. The van der Waals surface area contributed by atoms with Crippen molar-refractivity contribution in [1.29, 1.82) is 0 Å². The van der Waals surface area contributed by atoms with Gasteiger partial charge >= 0.3 is 0 Å². The van der Waals surface area contributed by atoms with Crippen LogP contribution in [0.2, 0.25) is 0 Å². The molecule has 0 unspecified atom stereocenters. The Labute approximate surface area is 95.1 Å². The van der Waals surface area contributed by atoms with Crippen LogP contribution in [0.3, 0.4) is 0 Å². The highest BCUT2D eigenvalue weighted by molar-refractivity contribution is 5.96.